The van der Waals surface area contributed by atoms with Crippen LogP contribution in [0.15, 0.2) is 53.0 Å². The van der Waals surface area contributed by atoms with Gasteiger partial charge in [0, 0.05) is 17.3 Å². The Bertz CT molecular complexity index is 1400. The number of aliphatic hydroxyl groups excluding tert-OH is 2. The summed E-state index contributed by atoms with van der Waals surface area (Å²) in [6, 6.07) is 5.61. The molecular formula is C29H36F2N2O7S. The van der Waals surface area contributed by atoms with E-state index >= 15 is 8.78 Å². The van der Waals surface area contributed by atoms with Crippen molar-refractivity contribution in [2.24, 2.45) is 28.3 Å². The number of halogens is 2. The number of fused-ring (bicyclic) bond motifs is 2. The average molecular weight is 595 g/mol. The number of carbonyl (C=O) groups excluding carboxylic acids is 2. The van der Waals surface area contributed by atoms with Gasteiger partial charge in [0.2, 0.25) is 10.0 Å². The van der Waals surface area contributed by atoms with Crippen molar-refractivity contribution in [2.75, 3.05) is 18.2 Å². The molecule has 3 aliphatic carbocycles. The number of nitrogens with two attached hydrogens (primary N) is 1. The molecule has 1 saturated heterocycles. The number of Topliss-reactive ketones (excluding diaryl/α,β-unsaturated/α-hetero) is 1. The van der Waals surface area contributed by atoms with Crippen molar-refractivity contribution in [3.05, 3.63) is 48.1 Å². The second kappa shape index (κ2) is 10.3. The van der Waals surface area contributed by atoms with Crippen molar-refractivity contribution < 1.29 is 41.8 Å². The second-order valence-electron chi connectivity index (χ2n) is 12.0. The smallest absolute Gasteiger partial charge is 0.238 e. The summed E-state index contributed by atoms with van der Waals surface area (Å²) in [4.78, 5) is 31.4. The number of nitrogens with zero attached hydrogens (tertiary/aromatic N) is 1. The third kappa shape index (κ3) is 4.58. The highest BCUT2D eigenvalue weighted by atomic mass is 32.2. The molecule has 0 radical (unpaired) electrons. The van der Waals surface area contributed by atoms with Crippen LogP contribution < -0.4 is 10.2 Å². The first-order chi connectivity index (χ1) is 19.2. The van der Waals surface area contributed by atoms with Crippen LogP contribution in [0.1, 0.15) is 46.0 Å². The maximum absolute atomic E-state index is 17.7. The van der Waals surface area contributed by atoms with Gasteiger partial charge in [-0.3, -0.25) is 19.5 Å². The molecule has 4 N–H and O–H groups in total. The highest BCUT2D eigenvalue weighted by Crippen LogP contribution is 2.63. The summed E-state index contributed by atoms with van der Waals surface area (Å²) in [6.45, 7) is 2.71. The third-order valence-corrected chi connectivity index (χ3v) is 10.7. The van der Waals surface area contributed by atoms with Crippen LogP contribution in [0.4, 0.5) is 14.5 Å². The van der Waals surface area contributed by atoms with Crippen LogP contribution in [0, 0.1) is 23.2 Å². The zero-order chi connectivity index (χ0) is 30.0. The Kier molecular flexibility index (Phi) is 7.56. The van der Waals surface area contributed by atoms with Gasteiger partial charge in [-0.1, -0.05) is 19.4 Å². The van der Waals surface area contributed by atoms with E-state index in [0.717, 1.165) is 6.08 Å². The number of ketones is 2. The molecule has 8 atom stereocenters. The normalized spacial score (nSPS) is 37.5. The van der Waals surface area contributed by atoms with Gasteiger partial charge in [-0.05, 0) is 80.5 Å². The Labute approximate surface area is 238 Å². The van der Waals surface area contributed by atoms with Crippen molar-refractivity contribution in [1.82, 2.24) is 0 Å². The van der Waals surface area contributed by atoms with Gasteiger partial charge in [0.15, 0.2) is 22.8 Å². The number of aliphatic hydroxyl groups is 2. The van der Waals surface area contributed by atoms with Crippen LogP contribution >= 0.6 is 0 Å². The summed E-state index contributed by atoms with van der Waals surface area (Å²) >= 11 is 0. The van der Waals surface area contributed by atoms with Gasteiger partial charge in [-0.15, -0.1) is 0 Å². The lowest BCUT2D eigenvalue weighted by Crippen LogP contribution is -2.63. The standard InChI is InChI=1S/C29H36F2N2O7S/c1-3-4-25(36)29(31)22(13-24(30)23-12-20(35)9-10-27(23,29)2)17-11-18-15-33(40-28(18,14-17)26(37)16-34)19-5-7-21(8-6-19)41(32,38)39/h5-10,12,17-18,22,24-25,34,36H,3-4,11,13-16H2,1-2H3,(H2,32,38,39)/t17-,18+,22+,24+,25+,27+,28+,29+/m1/s1. The fraction of sp³-hybridized carbons (Fsp3) is 0.586. The monoisotopic (exact) mass is 594 g/mol. The van der Waals surface area contributed by atoms with Crippen LogP contribution in [-0.4, -0.2) is 66.9 Å². The average Bonchev–Trinajstić information content (AvgIpc) is 3.47. The van der Waals surface area contributed by atoms with E-state index in [1.165, 1.54) is 48.4 Å². The molecule has 41 heavy (non-hydrogen) atoms. The summed E-state index contributed by atoms with van der Waals surface area (Å²) in [6.07, 6.45) is 1.29. The number of hydrogen-bond donors (Lipinski definition) is 3. The van der Waals surface area contributed by atoms with E-state index in [1.54, 1.807) is 0 Å². The maximum Gasteiger partial charge on any atom is 0.238 e. The Morgan fingerprint density at radius 2 is 1.95 bits per heavy atom. The van der Waals surface area contributed by atoms with Gasteiger partial charge in [0.25, 0.3) is 0 Å². The Hall–Kier alpha value is -2.51. The minimum Gasteiger partial charge on any atom is -0.390 e. The number of allylic oxidation sites excluding steroid dienone is 4. The molecule has 0 unspecified atom stereocenters. The van der Waals surface area contributed by atoms with Gasteiger partial charge in [0.1, 0.15) is 12.8 Å². The van der Waals surface area contributed by atoms with Crippen LogP contribution in [0.2, 0.25) is 0 Å². The quantitative estimate of drug-likeness (QED) is 0.416. The molecule has 2 saturated carbocycles. The number of hydroxylamine groups is 1. The lowest BCUT2D eigenvalue weighted by Gasteiger charge is -2.56. The molecule has 0 bridgehead atoms. The summed E-state index contributed by atoms with van der Waals surface area (Å²) in [5.74, 6) is -3.07. The Morgan fingerprint density at radius 1 is 1.27 bits per heavy atom. The number of sulfonamides is 1. The van der Waals surface area contributed by atoms with E-state index in [2.05, 4.69) is 0 Å². The molecule has 1 aliphatic heterocycles. The van der Waals surface area contributed by atoms with Crippen LogP contribution in [-0.2, 0) is 24.4 Å². The highest BCUT2D eigenvalue weighted by molar-refractivity contribution is 7.89. The van der Waals surface area contributed by atoms with E-state index < -0.39 is 74.9 Å². The minimum atomic E-state index is -3.91. The van der Waals surface area contributed by atoms with Crippen LogP contribution in [0.25, 0.3) is 0 Å². The predicted octanol–water partition coefficient (Wildman–Crippen LogP) is 2.71. The first-order valence-electron chi connectivity index (χ1n) is 13.9. The molecule has 5 rings (SSSR count). The van der Waals surface area contributed by atoms with E-state index in [1.807, 2.05) is 6.92 Å². The summed E-state index contributed by atoms with van der Waals surface area (Å²) in [7, 11) is -3.91. The van der Waals surface area contributed by atoms with Gasteiger partial charge in [0.05, 0.1) is 23.2 Å². The molecule has 1 aromatic carbocycles. The van der Waals surface area contributed by atoms with E-state index in [0.29, 0.717) is 12.1 Å². The zero-order valence-electron chi connectivity index (χ0n) is 23.0. The van der Waals surface area contributed by atoms with Crippen molar-refractivity contribution in [1.29, 1.82) is 0 Å². The molecular weight excluding hydrogens is 558 g/mol. The summed E-state index contributed by atoms with van der Waals surface area (Å²) in [5.41, 5.74) is -4.92. The first-order valence-corrected chi connectivity index (χ1v) is 15.5. The molecule has 12 heteroatoms. The maximum atomic E-state index is 17.7. The molecule has 224 valence electrons. The lowest BCUT2D eigenvalue weighted by atomic mass is 9.51. The zero-order valence-corrected chi connectivity index (χ0v) is 23.8. The van der Waals surface area contributed by atoms with Gasteiger partial charge in [-0.2, -0.15) is 0 Å². The van der Waals surface area contributed by atoms with Crippen molar-refractivity contribution in [2.45, 2.75) is 74.4 Å². The molecule has 0 amide bonds. The number of carbonyl (C=O) groups is 2. The van der Waals surface area contributed by atoms with Gasteiger partial charge < -0.3 is 10.2 Å². The molecule has 1 heterocycles. The largest absolute Gasteiger partial charge is 0.390 e. The fourth-order valence-corrected chi connectivity index (χ4v) is 8.25. The Balaban J connectivity index is 1.49. The topological polar surface area (TPSA) is 147 Å². The fourth-order valence-electron chi connectivity index (χ4n) is 7.74. The van der Waals surface area contributed by atoms with E-state index in [4.69, 9.17) is 9.98 Å². The SMILES string of the molecule is CCC[C@H](O)[C@@]1(F)[C@H]([C@@H]2C[C@H]3CN(c4ccc(S(N)(=O)=O)cc4)O[C@@]3(C(=O)CO)C2)C[C@H](F)C2=CC(=O)C=C[C@@]21C. The number of primary sulfonamides is 1. The highest BCUT2D eigenvalue weighted by Gasteiger charge is 2.69. The molecule has 0 aromatic heterocycles. The predicted molar refractivity (Wildman–Crippen MR) is 145 cm³/mol. The second-order valence-corrected chi connectivity index (χ2v) is 13.5. The number of alkyl halides is 2. The van der Waals surface area contributed by atoms with Crippen molar-refractivity contribution in [3.8, 4) is 0 Å². The number of benzene rings is 1. The number of anilines is 1. The first kappa shape index (κ1) is 30.0. The van der Waals surface area contributed by atoms with E-state index in [-0.39, 0.29) is 42.7 Å². The molecule has 9 nitrogen and oxygen atoms in total. The van der Waals surface area contributed by atoms with Crippen LogP contribution in [0.5, 0.6) is 0 Å². The van der Waals surface area contributed by atoms with Crippen molar-refractivity contribution in [3.63, 3.8) is 0 Å². The molecule has 4 aliphatic rings. The minimum absolute atomic E-state index is 0.00248. The molecule has 0 spiro atoms. The number of hydrogen-bond acceptors (Lipinski definition) is 8. The lowest BCUT2D eigenvalue weighted by molar-refractivity contribution is -0.154. The third-order valence-electron chi connectivity index (χ3n) is 9.77. The summed E-state index contributed by atoms with van der Waals surface area (Å²) < 4.78 is 56.7. The molecule has 3 fully saturated rings. The summed E-state index contributed by atoms with van der Waals surface area (Å²) in [5, 5.41) is 27.8. The number of rotatable bonds is 8. The van der Waals surface area contributed by atoms with Gasteiger partial charge in [-0.25, -0.2) is 22.3 Å². The Morgan fingerprint density at radius 3 is 2.56 bits per heavy atom. The van der Waals surface area contributed by atoms with Gasteiger partial charge >= 0.3 is 0 Å². The molecule has 1 aromatic rings. The van der Waals surface area contributed by atoms with Crippen molar-refractivity contribution >= 4 is 27.3 Å². The van der Waals surface area contributed by atoms with Crippen LogP contribution in [0.3, 0.4) is 0 Å². The van der Waals surface area contributed by atoms with E-state index in [9.17, 15) is 28.2 Å².